The molecule has 0 radical (unpaired) electrons. The van der Waals surface area contributed by atoms with Crippen molar-refractivity contribution in [2.24, 2.45) is 11.8 Å². The van der Waals surface area contributed by atoms with Gasteiger partial charge in [-0.25, -0.2) is 0 Å². The molecule has 180 valence electrons. The van der Waals surface area contributed by atoms with Crippen molar-refractivity contribution in [1.29, 1.82) is 0 Å². The van der Waals surface area contributed by atoms with Crippen LogP contribution in [-0.4, -0.2) is 0 Å². The first-order valence-corrected chi connectivity index (χ1v) is 16.6. The maximum absolute atomic E-state index is 3.65. The molecule has 0 amide bonds. The van der Waals surface area contributed by atoms with Crippen molar-refractivity contribution in [2.75, 3.05) is 0 Å². The second-order valence-corrected chi connectivity index (χ2v) is 15.7. The molecule has 2 fully saturated rings. The minimum absolute atomic E-state index is 0. The first kappa shape index (κ1) is 27.8. The van der Waals surface area contributed by atoms with Crippen molar-refractivity contribution in [3.05, 3.63) is 116 Å². The smallest absolute Gasteiger partial charge is 1.00 e. The number of allylic oxidation sites excluding steroid dienone is 8. The summed E-state index contributed by atoms with van der Waals surface area (Å²) in [5, 5.41) is 0. The summed E-state index contributed by atoms with van der Waals surface area (Å²) in [4.78, 5) is 0. The zero-order valence-corrected chi connectivity index (χ0v) is 26.5. The number of hydrogen-bond donors (Lipinski definition) is 0. The number of fused-ring (bicyclic) bond motifs is 2. The van der Waals surface area contributed by atoms with Crippen LogP contribution in [0.5, 0.6) is 0 Å². The minimum Gasteiger partial charge on any atom is -1.00 e. The van der Waals surface area contributed by atoms with Crippen LogP contribution in [0.1, 0.15) is 48.6 Å². The number of benzene rings is 2. The molecule has 0 saturated heterocycles. The Bertz CT molecular complexity index is 1060. The van der Waals surface area contributed by atoms with Gasteiger partial charge in [0, 0.05) is 0 Å². The Labute approximate surface area is 250 Å². The van der Waals surface area contributed by atoms with Crippen molar-refractivity contribution in [2.45, 2.75) is 44.8 Å². The molecule has 6 atom stereocenters. The van der Waals surface area contributed by atoms with Crippen LogP contribution in [-0.2, 0) is 23.2 Å². The Morgan fingerprint density at radius 1 is 0.600 bits per heavy atom. The van der Waals surface area contributed by atoms with Gasteiger partial charge in [-0.2, -0.15) is 0 Å². The molecular formula is C30H28Br2Cl2Zr. The summed E-state index contributed by atoms with van der Waals surface area (Å²) in [6.07, 6.45) is 19.6. The van der Waals surface area contributed by atoms with Crippen LogP contribution < -0.4 is 24.8 Å². The number of halogens is 4. The Morgan fingerprint density at radius 3 is 1.40 bits per heavy atom. The van der Waals surface area contributed by atoms with E-state index in [2.05, 4.69) is 117 Å². The van der Waals surface area contributed by atoms with Crippen LogP contribution in [0, 0.1) is 11.8 Å². The summed E-state index contributed by atoms with van der Waals surface area (Å²) in [5.41, 5.74) is 6.71. The van der Waals surface area contributed by atoms with E-state index in [-0.39, 0.29) is 24.8 Å². The molecule has 0 aromatic heterocycles. The van der Waals surface area contributed by atoms with E-state index in [0.29, 0.717) is 11.8 Å². The van der Waals surface area contributed by atoms with E-state index in [1.54, 1.807) is 22.3 Å². The van der Waals surface area contributed by atoms with Crippen LogP contribution >= 0.6 is 31.9 Å². The third kappa shape index (κ3) is 5.66. The topological polar surface area (TPSA) is 0 Å². The van der Waals surface area contributed by atoms with Gasteiger partial charge in [0.2, 0.25) is 0 Å². The average molecular weight is 710 g/mol. The summed E-state index contributed by atoms with van der Waals surface area (Å²) >= 11 is 6.53. The fraction of sp³-hybridized carbons (Fsp3) is 0.333. The maximum Gasteiger partial charge on any atom is -1.00 e. The van der Waals surface area contributed by atoms with Crippen molar-refractivity contribution in [3.63, 3.8) is 0 Å². The fourth-order valence-electron chi connectivity index (χ4n) is 6.61. The summed E-state index contributed by atoms with van der Waals surface area (Å²) in [7, 11) is 0. The van der Waals surface area contributed by atoms with Gasteiger partial charge in [-0.3, -0.25) is 0 Å². The van der Waals surface area contributed by atoms with E-state index >= 15 is 0 Å². The van der Waals surface area contributed by atoms with Gasteiger partial charge in [-0.1, -0.05) is 0 Å². The molecule has 5 heteroatoms. The Kier molecular flexibility index (Phi) is 9.65. The summed E-state index contributed by atoms with van der Waals surface area (Å²) < 4.78 is 3.98. The molecule has 6 rings (SSSR count). The molecule has 0 heterocycles. The minimum atomic E-state index is -0.771. The number of hydrogen-bond acceptors (Lipinski definition) is 0. The molecule has 4 aliphatic carbocycles. The molecule has 4 aliphatic rings. The van der Waals surface area contributed by atoms with Crippen LogP contribution in [0.2, 0.25) is 7.25 Å². The van der Waals surface area contributed by atoms with Crippen LogP contribution in [0.25, 0.3) is 0 Å². The van der Waals surface area contributed by atoms with Gasteiger partial charge in [0.05, 0.1) is 0 Å². The third-order valence-electron chi connectivity index (χ3n) is 8.19. The normalized spacial score (nSPS) is 30.2. The van der Waals surface area contributed by atoms with Crippen LogP contribution in [0.3, 0.4) is 0 Å². The van der Waals surface area contributed by atoms with Gasteiger partial charge in [-0.05, 0) is 0 Å². The van der Waals surface area contributed by atoms with E-state index in [9.17, 15) is 0 Å². The summed E-state index contributed by atoms with van der Waals surface area (Å²) in [6, 6.07) is 18.5. The molecule has 2 saturated carbocycles. The van der Waals surface area contributed by atoms with Crippen LogP contribution in [0.15, 0.2) is 105 Å². The zero-order chi connectivity index (χ0) is 22.4. The molecule has 0 N–H and O–H groups in total. The fourth-order valence-corrected chi connectivity index (χ4v) is 13.4. The number of rotatable bonds is 4. The summed E-state index contributed by atoms with van der Waals surface area (Å²) in [6.45, 7) is 0. The van der Waals surface area contributed by atoms with Gasteiger partial charge in [0.15, 0.2) is 0 Å². The van der Waals surface area contributed by atoms with Crippen molar-refractivity contribution in [1.82, 2.24) is 0 Å². The molecule has 0 spiro atoms. The molecule has 35 heavy (non-hydrogen) atoms. The zero-order valence-electron chi connectivity index (χ0n) is 19.4. The standard InChI is InChI=1S/2C15H14Br.2ClH.Zr/c2*16-15-7-5-11(6-8-15)14-9-12-3-1-2-4-13(12)10-14;;;/h2*1-3,5-9,13-14H,4,10H2;2*1H;/q;;;;+2/p-2. The second kappa shape index (κ2) is 12.1. The molecule has 0 bridgehead atoms. The molecule has 2 aromatic carbocycles. The van der Waals surface area contributed by atoms with E-state index in [0.717, 1.165) is 19.1 Å². The second-order valence-electron chi connectivity index (χ2n) is 9.96. The maximum atomic E-state index is 3.65. The Hall–Kier alpha value is -0.177. The Balaban J connectivity index is 0.00000144. The largest absolute Gasteiger partial charge is 1.00 e. The molecule has 6 unspecified atom stereocenters. The van der Waals surface area contributed by atoms with Gasteiger partial charge >= 0.3 is 228 Å². The molecule has 2 aromatic rings. The first-order chi connectivity index (χ1) is 16.2. The third-order valence-corrected chi connectivity index (χ3v) is 14.6. The SMILES string of the molecule is Brc1ccc(C2CC3CC=CC=C3[CH]2[Zr+2][CH]2C3=CC=CCC3CC2c2ccc(Br)cc2)cc1.[Cl-].[Cl-]. The van der Waals surface area contributed by atoms with Gasteiger partial charge in [-0.15, -0.1) is 0 Å². The predicted octanol–water partition coefficient (Wildman–Crippen LogP) is 3.56. The quantitative estimate of drug-likeness (QED) is 0.456. The van der Waals surface area contributed by atoms with Gasteiger partial charge < -0.3 is 24.8 Å². The average Bonchev–Trinajstić information content (AvgIpc) is 3.39. The van der Waals surface area contributed by atoms with Gasteiger partial charge in [0.25, 0.3) is 0 Å². The molecule has 0 aliphatic heterocycles. The van der Waals surface area contributed by atoms with Crippen molar-refractivity contribution >= 4 is 31.9 Å². The Morgan fingerprint density at radius 2 is 1.00 bits per heavy atom. The monoisotopic (exact) mass is 706 g/mol. The van der Waals surface area contributed by atoms with Crippen molar-refractivity contribution < 1.29 is 48.0 Å². The van der Waals surface area contributed by atoms with E-state index in [1.165, 1.54) is 34.6 Å². The first-order valence-electron chi connectivity index (χ1n) is 12.2. The molecule has 0 nitrogen and oxygen atoms in total. The van der Waals surface area contributed by atoms with Crippen LogP contribution in [0.4, 0.5) is 0 Å². The van der Waals surface area contributed by atoms with E-state index in [4.69, 9.17) is 0 Å². The van der Waals surface area contributed by atoms with Gasteiger partial charge in [0.1, 0.15) is 0 Å². The predicted molar refractivity (Wildman–Crippen MR) is 141 cm³/mol. The van der Waals surface area contributed by atoms with E-state index in [1.807, 2.05) is 0 Å². The molecular weight excluding hydrogens is 682 g/mol. The van der Waals surface area contributed by atoms with Crippen molar-refractivity contribution in [3.8, 4) is 0 Å². The van der Waals surface area contributed by atoms with E-state index < -0.39 is 23.2 Å². The summed E-state index contributed by atoms with van der Waals surface area (Å²) in [5.74, 6) is 2.92.